The largest absolute Gasteiger partial charge is 0.372 e. The van der Waals surface area contributed by atoms with Gasteiger partial charge in [0.1, 0.15) is 0 Å². The average molecular weight is 520 g/mol. The van der Waals surface area contributed by atoms with Crippen molar-refractivity contribution < 1.29 is 13.2 Å². The Balaban J connectivity index is 1.24. The van der Waals surface area contributed by atoms with Crippen LogP contribution in [0.2, 0.25) is 0 Å². The van der Waals surface area contributed by atoms with Crippen molar-refractivity contribution in [3.05, 3.63) is 64.1 Å². The highest BCUT2D eigenvalue weighted by Gasteiger charge is 2.31. The maximum atomic E-state index is 12.8. The third-order valence-electron chi connectivity index (χ3n) is 6.33. The van der Waals surface area contributed by atoms with E-state index in [2.05, 4.69) is 50.4 Å². The van der Waals surface area contributed by atoms with Crippen molar-refractivity contribution in [2.45, 2.75) is 38.0 Å². The molecule has 0 atom stereocenters. The van der Waals surface area contributed by atoms with E-state index in [1.807, 2.05) is 24.3 Å². The molecule has 0 bridgehead atoms. The fourth-order valence-corrected chi connectivity index (χ4v) is 6.46. The first kappa shape index (κ1) is 23.3. The monoisotopic (exact) mass is 519 g/mol. The number of hydrogen-bond donors (Lipinski definition) is 1. The quantitative estimate of drug-likeness (QED) is 0.601. The minimum Gasteiger partial charge on any atom is -0.372 e. The van der Waals surface area contributed by atoms with Gasteiger partial charge in [0.2, 0.25) is 15.9 Å². The van der Waals surface area contributed by atoms with Crippen molar-refractivity contribution in [2.75, 3.05) is 31.1 Å². The molecule has 2 aliphatic rings. The summed E-state index contributed by atoms with van der Waals surface area (Å²) in [4.78, 5) is 15.0. The highest BCUT2D eigenvalue weighted by atomic mass is 79.9. The van der Waals surface area contributed by atoms with Crippen LogP contribution in [0.3, 0.4) is 0 Å². The molecular formula is C24H30BrN3O3S. The summed E-state index contributed by atoms with van der Waals surface area (Å²) in [6.07, 6.45) is 3.61. The molecular weight excluding hydrogens is 490 g/mol. The van der Waals surface area contributed by atoms with Gasteiger partial charge in [-0.15, -0.1) is 0 Å². The molecule has 2 fully saturated rings. The molecule has 2 aliphatic heterocycles. The van der Waals surface area contributed by atoms with E-state index in [4.69, 9.17) is 0 Å². The van der Waals surface area contributed by atoms with Crippen molar-refractivity contribution in [1.29, 1.82) is 0 Å². The molecule has 172 valence electrons. The fraction of sp³-hybridized carbons (Fsp3) is 0.458. The van der Waals surface area contributed by atoms with E-state index in [1.165, 1.54) is 22.8 Å². The molecule has 0 aromatic heterocycles. The molecule has 2 heterocycles. The van der Waals surface area contributed by atoms with Crippen LogP contribution in [-0.2, 0) is 27.1 Å². The van der Waals surface area contributed by atoms with E-state index in [0.29, 0.717) is 32.5 Å². The van der Waals surface area contributed by atoms with Crippen molar-refractivity contribution in [1.82, 2.24) is 9.62 Å². The summed E-state index contributed by atoms with van der Waals surface area (Å²) >= 11 is 3.38. The first-order chi connectivity index (χ1) is 15.4. The zero-order valence-electron chi connectivity index (χ0n) is 18.2. The number of nitrogens with zero attached hydrogens (tertiary/aromatic N) is 2. The minimum absolute atomic E-state index is 0.0117. The average Bonchev–Trinajstić information content (AvgIpc) is 3.33. The summed E-state index contributed by atoms with van der Waals surface area (Å²) < 4.78 is 28.0. The minimum atomic E-state index is -3.39. The first-order valence-electron chi connectivity index (χ1n) is 11.2. The number of benzene rings is 2. The van der Waals surface area contributed by atoms with Crippen LogP contribution in [0.4, 0.5) is 5.69 Å². The van der Waals surface area contributed by atoms with Crippen LogP contribution in [0.5, 0.6) is 0 Å². The molecule has 0 saturated carbocycles. The van der Waals surface area contributed by atoms with Gasteiger partial charge in [-0.05, 0) is 61.1 Å². The summed E-state index contributed by atoms with van der Waals surface area (Å²) in [6.45, 7) is 3.51. The third-order valence-corrected chi connectivity index (χ3v) is 8.67. The van der Waals surface area contributed by atoms with E-state index in [-0.39, 0.29) is 17.6 Å². The Hall–Kier alpha value is -1.90. The molecule has 1 amide bonds. The number of halogens is 1. The van der Waals surface area contributed by atoms with Crippen LogP contribution < -0.4 is 10.2 Å². The normalized spacial score (nSPS) is 18.1. The molecule has 0 aliphatic carbocycles. The number of hydrogen-bond acceptors (Lipinski definition) is 4. The van der Waals surface area contributed by atoms with Crippen molar-refractivity contribution in [3.63, 3.8) is 0 Å². The van der Waals surface area contributed by atoms with Crippen LogP contribution >= 0.6 is 15.9 Å². The number of rotatable bonds is 7. The van der Waals surface area contributed by atoms with Gasteiger partial charge in [0.05, 0.1) is 5.75 Å². The highest BCUT2D eigenvalue weighted by molar-refractivity contribution is 9.10. The summed E-state index contributed by atoms with van der Waals surface area (Å²) in [7, 11) is -3.39. The van der Waals surface area contributed by atoms with Gasteiger partial charge in [-0.1, -0.05) is 40.2 Å². The third kappa shape index (κ3) is 5.91. The number of nitrogens with one attached hydrogen (secondary N) is 1. The smallest absolute Gasteiger partial charge is 0.223 e. The summed E-state index contributed by atoms with van der Waals surface area (Å²) in [6, 6.07) is 15.8. The summed E-state index contributed by atoms with van der Waals surface area (Å²) in [5, 5.41) is 3.03. The van der Waals surface area contributed by atoms with E-state index in [1.54, 1.807) is 0 Å². The number of carbonyl (C=O) groups excluding carboxylic acids is 1. The Morgan fingerprint density at radius 1 is 0.969 bits per heavy atom. The fourth-order valence-electron chi connectivity index (χ4n) is 4.46. The Morgan fingerprint density at radius 2 is 1.66 bits per heavy atom. The summed E-state index contributed by atoms with van der Waals surface area (Å²) in [5.41, 5.74) is 3.08. The van der Waals surface area contributed by atoms with Gasteiger partial charge in [0.15, 0.2) is 0 Å². The zero-order valence-corrected chi connectivity index (χ0v) is 20.6. The predicted molar refractivity (Wildman–Crippen MR) is 131 cm³/mol. The first-order valence-corrected chi connectivity index (χ1v) is 13.6. The summed E-state index contributed by atoms with van der Waals surface area (Å²) in [5.74, 6) is -0.148. The van der Waals surface area contributed by atoms with Crippen molar-refractivity contribution in [3.8, 4) is 0 Å². The number of piperidine rings is 1. The second kappa shape index (κ2) is 10.4. The van der Waals surface area contributed by atoms with E-state index < -0.39 is 10.0 Å². The molecule has 2 aromatic rings. The molecule has 2 aromatic carbocycles. The molecule has 2 saturated heterocycles. The van der Waals surface area contributed by atoms with Crippen LogP contribution in [0.25, 0.3) is 0 Å². The van der Waals surface area contributed by atoms with Gasteiger partial charge in [-0.25, -0.2) is 12.7 Å². The van der Waals surface area contributed by atoms with Gasteiger partial charge in [-0.3, -0.25) is 4.79 Å². The van der Waals surface area contributed by atoms with Crippen LogP contribution in [-0.4, -0.2) is 44.8 Å². The predicted octanol–water partition coefficient (Wildman–Crippen LogP) is 3.91. The molecule has 0 spiro atoms. The van der Waals surface area contributed by atoms with Gasteiger partial charge in [-0.2, -0.15) is 0 Å². The molecule has 1 N–H and O–H groups in total. The molecule has 6 nitrogen and oxygen atoms in total. The Morgan fingerprint density at radius 3 is 2.31 bits per heavy atom. The highest BCUT2D eigenvalue weighted by Crippen LogP contribution is 2.24. The Labute approximate surface area is 199 Å². The molecule has 8 heteroatoms. The Bertz CT molecular complexity index is 1030. The lowest BCUT2D eigenvalue weighted by molar-refractivity contribution is -0.126. The lowest BCUT2D eigenvalue weighted by Gasteiger charge is -2.30. The van der Waals surface area contributed by atoms with Crippen LogP contribution in [0, 0.1) is 5.92 Å². The zero-order chi connectivity index (χ0) is 22.6. The maximum Gasteiger partial charge on any atom is 0.223 e. The lowest BCUT2D eigenvalue weighted by Crippen LogP contribution is -2.43. The molecule has 4 rings (SSSR count). The van der Waals surface area contributed by atoms with Gasteiger partial charge in [0.25, 0.3) is 0 Å². The molecule has 32 heavy (non-hydrogen) atoms. The lowest BCUT2D eigenvalue weighted by atomic mass is 9.97. The molecule has 0 unspecified atom stereocenters. The SMILES string of the molecule is O=C(NCc1ccc(N2CCCC2)cc1)C1CCN(S(=O)(=O)Cc2cccc(Br)c2)CC1. The number of anilines is 1. The topological polar surface area (TPSA) is 69.7 Å². The van der Waals surface area contributed by atoms with E-state index in [9.17, 15) is 13.2 Å². The molecule has 0 radical (unpaired) electrons. The van der Waals surface area contributed by atoms with Gasteiger partial charge in [0, 0.05) is 48.8 Å². The maximum absolute atomic E-state index is 12.8. The van der Waals surface area contributed by atoms with Crippen LogP contribution in [0.15, 0.2) is 53.0 Å². The second-order valence-corrected chi connectivity index (χ2v) is 11.5. The number of sulfonamides is 1. The van der Waals surface area contributed by atoms with Crippen molar-refractivity contribution in [2.24, 2.45) is 5.92 Å². The van der Waals surface area contributed by atoms with Gasteiger partial charge >= 0.3 is 0 Å². The van der Waals surface area contributed by atoms with E-state index >= 15 is 0 Å². The number of carbonyl (C=O) groups is 1. The van der Waals surface area contributed by atoms with Gasteiger partial charge < -0.3 is 10.2 Å². The van der Waals surface area contributed by atoms with Crippen LogP contribution in [0.1, 0.15) is 36.8 Å². The standard InChI is InChI=1S/C24H30BrN3O3S/c25-22-5-3-4-20(16-22)18-32(30,31)28-14-10-21(11-15-28)24(29)26-17-19-6-8-23(9-7-19)27-12-1-2-13-27/h3-9,16,21H,1-2,10-15,17-18H2,(H,26,29). The second-order valence-electron chi connectivity index (χ2n) is 8.64. The van der Waals surface area contributed by atoms with Crippen molar-refractivity contribution >= 4 is 37.5 Å². The Kier molecular flexibility index (Phi) is 7.53. The number of amides is 1. The van der Waals surface area contributed by atoms with E-state index in [0.717, 1.165) is 28.7 Å².